The fourth-order valence-corrected chi connectivity index (χ4v) is 2.57. The number of carbonyl (C=O) groups is 1. The molecule has 0 saturated carbocycles. The SMILES string of the molecule is CC1CCN(C(=O)c2cc(Br)cnc2N(C)C)C1. The number of anilines is 1. The summed E-state index contributed by atoms with van der Waals surface area (Å²) >= 11 is 3.38. The molecule has 2 rings (SSSR count). The van der Waals surface area contributed by atoms with E-state index in [0.29, 0.717) is 11.5 Å². The number of aromatic nitrogens is 1. The lowest BCUT2D eigenvalue weighted by Crippen LogP contribution is -2.30. The van der Waals surface area contributed by atoms with Crippen molar-refractivity contribution in [2.24, 2.45) is 5.92 Å². The second-order valence-corrected chi connectivity index (χ2v) is 5.98. The molecule has 5 heteroatoms. The lowest BCUT2D eigenvalue weighted by Gasteiger charge is -2.20. The van der Waals surface area contributed by atoms with E-state index in [2.05, 4.69) is 27.8 Å². The Bertz CT molecular complexity index is 462. The van der Waals surface area contributed by atoms with Crippen molar-refractivity contribution >= 4 is 27.7 Å². The second-order valence-electron chi connectivity index (χ2n) is 5.06. The van der Waals surface area contributed by atoms with Crippen LogP contribution < -0.4 is 4.90 Å². The van der Waals surface area contributed by atoms with Crippen molar-refractivity contribution in [2.75, 3.05) is 32.1 Å². The van der Waals surface area contributed by atoms with Gasteiger partial charge in [-0.2, -0.15) is 0 Å². The summed E-state index contributed by atoms with van der Waals surface area (Å²) in [7, 11) is 3.80. The molecule has 0 bridgehead atoms. The van der Waals surface area contributed by atoms with Crippen molar-refractivity contribution in [1.29, 1.82) is 0 Å². The molecule has 98 valence electrons. The Morgan fingerprint density at radius 2 is 2.28 bits per heavy atom. The van der Waals surface area contributed by atoms with Gasteiger partial charge in [0.25, 0.3) is 5.91 Å². The summed E-state index contributed by atoms with van der Waals surface area (Å²) in [5.74, 6) is 1.40. The van der Waals surface area contributed by atoms with Gasteiger partial charge < -0.3 is 9.80 Å². The van der Waals surface area contributed by atoms with Gasteiger partial charge in [0.15, 0.2) is 0 Å². The quantitative estimate of drug-likeness (QED) is 0.841. The van der Waals surface area contributed by atoms with Gasteiger partial charge in [-0.15, -0.1) is 0 Å². The number of hydrogen-bond acceptors (Lipinski definition) is 3. The van der Waals surface area contributed by atoms with Gasteiger partial charge in [0.2, 0.25) is 0 Å². The largest absolute Gasteiger partial charge is 0.362 e. The third-order valence-electron chi connectivity index (χ3n) is 3.20. The van der Waals surface area contributed by atoms with Gasteiger partial charge in [0, 0.05) is 37.9 Å². The fourth-order valence-electron chi connectivity index (χ4n) is 2.24. The Balaban J connectivity index is 2.31. The van der Waals surface area contributed by atoms with E-state index in [1.165, 1.54) is 0 Å². The third-order valence-corrected chi connectivity index (χ3v) is 3.63. The van der Waals surface area contributed by atoms with E-state index >= 15 is 0 Å². The predicted octanol–water partition coefficient (Wildman–Crippen LogP) is 2.39. The Morgan fingerprint density at radius 3 is 2.83 bits per heavy atom. The summed E-state index contributed by atoms with van der Waals surface area (Å²) in [5.41, 5.74) is 0.670. The number of nitrogens with zero attached hydrogens (tertiary/aromatic N) is 3. The molecule has 1 amide bonds. The fraction of sp³-hybridized carbons (Fsp3) is 0.538. The number of halogens is 1. The van der Waals surface area contributed by atoms with Gasteiger partial charge in [-0.25, -0.2) is 4.98 Å². The van der Waals surface area contributed by atoms with Crippen molar-refractivity contribution in [1.82, 2.24) is 9.88 Å². The zero-order chi connectivity index (χ0) is 13.3. The van der Waals surface area contributed by atoms with Crippen LogP contribution in [-0.2, 0) is 0 Å². The van der Waals surface area contributed by atoms with E-state index in [1.807, 2.05) is 30.0 Å². The number of rotatable bonds is 2. The molecule has 1 aliphatic rings. The number of pyridine rings is 1. The maximum Gasteiger partial charge on any atom is 0.257 e. The number of carbonyl (C=O) groups excluding carboxylic acids is 1. The molecule has 0 N–H and O–H groups in total. The van der Waals surface area contributed by atoms with Gasteiger partial charge in [-0.3, -0.25) is 4.79 Å². The van der Waals surface area contributed by atoms with Crippen LogP contribution in [-0.4, -0.2) is 43.0 Å². The molecule has 0 aromatic carbocycles. The molecule has 1 atom stereocenters. The van der Waals surface area contributed by atoms with Crippen LogP contribution in [0.3, 0.4) is 0 Å². The average Bonchev–Trinajstić information content (AvgIpc) is 2.74. The van der Waals surface area contributed by atoms with Crippen LogP contribution in [0.4, 0.5) is 5.82 Å². The predicted molar refractivity (Wildman–Crippen MR) is 75.9 cm³/mol. The standard InChI is InChI=1S/C13H18BrN3O/c1-9-4-5-17(8-9)13(18)11-6-10(14)7-15-12(11)16(2)3/h6-7,9H,4-5,8H2,1-3H3. The molecule has 1 fully saturated rings. The monoisotopic (exact) mass is 311 g/mol. The minimum atomic E-state index is 0.0804. The first-order chi connectivity index (χ1) is 8.49. The van der Waals surface area contributed by atoms with Crippen molar-refractivity contribution in [3.63, 3.8) is 0 Å². The molecule has 0 radical (unpaired) electrons. The van der Waals surface area contributed by atoms with E-state index in [4.69, 9.17) is 0 Å². The van der Waals surface area contributed by atoms with E-state index in [1.54, 1.807) is 6.20 Å². The summed E-state index contributed by atoms with van der Waals surface area (Å²) < 4.78 is 0.837. The Kier molecular flexibility index (Phi) is 3.90. The molecule has 1 aromatic rings. The third kappa shape index (κ3) is 2.66. The normalized spacial score (nSPS) is 19.1. The highest BCUT2D eigenvalue weighted by atomic mass is 79.9. The van der Waals surface area contributed by atoms with Crippen LogP contribution in [0.1, 0.15) is 23.7 Å². The minimum Gasteiger partial charge on any atom is -0.362 e. The first-order valence-electron chi connectivity index (χ1n) is 6.11. The summed E-state index contributed by atoms with van der Waals surface area (Å²) in [6.07, 6.45) is 2.81. The zero-order valence-corrected chi connectivity index (χ0v) is 12.6. The molecule has 0 aliphatic carbocycles. The van der Waals surface area contributed by atoms with Gasteiger partial charge in [-0.05, 0) is 34.3 Å². The van der Waals surface area contributed by atoms with Crippen LogP contribution in [0.15, 0.2) is 16.7 Å². The zero-order valence-electron chi connectivity index (χ0n) is 11.0. The number of hydrogen-bond donors (Lipinski definition) is 0. The second kappa shape index (κ2) is 5.26. The maximum atomic E-state index is 12.5. The van der Waals surface area contributed by atoms with Gasteiger partial charge >= 0.3 is 0 Å². The van der Waals surface area contributed by atoms with E-state index in [-0.39, 0.29) is 5.91 Å². The lowest BCUT2D eigenvalue weighted by atomic mass is 10.2. The lowest BCUT2D eigenvalue weighted by molar-refractivity contribution is 0.0788. The Morgan fingerprint density at radius 1 is 1.56 bits per heavy atom. The number of likely N-dealkylation sites (tertiary alicyclic amines) is 1. The molecule has 0 spiro atoms. The molecule has 1 unspecified atom stereocenters. The van der Waals surface area contributed by atoms with Crippen LogP contribution in [0, 0.1) is 5.92 Å². The van der Waals surface area contributed by atoms with Crippen LogP contribution in [0.25, 0.3) is 0 Å². The highest BCUT2D eigenvalue weighted by molar-refractivity contribution is 9.10. The minimum absolute atomic E-state index is 0.0804. The van der Waals surface area contributed by atoms with E-state index in [0.717, 1.165) is 29.8 Å². The summed E-state index contributed by atoms with van der Waals surface area (Å²) in [4.78, 5) is 20.6. The van der Waals surface area contributed by atoms with Gasteiger partial charge in [0.05, 0.1) is 5.56 Å². The molecule has 18 heavy (non-hydrogen) atoms. The summed E-state index contributed by atoms with van der Waals surface area (Å²) in [6.45, 7) is 3.87. The van der Waals surface area contributed by atoms with E-state index < -0.39 is 0 Å². The molecule has 1 aliphatic heterocycles. The van der Waals surface area contributed by atoms with Crippen LogP contribution >= 0.6 is 15.9 Å². The van der Waals surface area contributed by atoms with Gasteiger partial charge in [-0.1, -0.05) is 6.92 Å². The maximum absolute atomic E-state index is 12.5. The first-order valence-corrected chi connectivity index (χ1v) is 6.90. The Hall–Kier alpha value is -1.10. The highest BCUT2D eigenvalue weighted by Gasteiger charge is 2.26. The van der Waals surface area contributed by atoms with Crippen molar-refractivity contribution in [3.05, 3.63) is 22.3 Å². The molecule has 1 aromatic heterocycles. The number of amides is 1. The summed E-state index contributed by atoms with van der Waals surface area (Å²) in [6, 6.07) is 1.85. The topological polar surface area (TPSA) is 36.4 Å². The Labute approximate surface area is 116 Å². The van der Waals surface area contributed by atoms with Crippen LogP contribution in [0.5, 0.6) is 0 Å². The highest BCUT2D eigenvalue weighted by Crippen LogP contribution is 2.24. The molecule has 4 nitrogen and oxygen atoms in total. The smallest absolute Gasteiger partial charge is 0.257 e. The average molecular weight is 312 g/mol. The van der Waals surface area contributed by atoms with Crippen molar-refractivity contribution in [3.8, 4) is 0 Å². The molecule has 1 saturated heterocycles. The van der Waals surface area contributed by atoms with Gasteiger partial charge in [0.1, 0.15) is 5.82 Å². The van der Waals surface area contributed by atoms with E-state index in [9.17, 15) is 4.79 Å². The molecular weight excluding hydrogens is 294 g/mol. The summed E-state index contributed by atoms with van der Waals surface area (Å²) in [5, 5.41) is 0. The first kappa shape index (κ1) is 13.3. The van der Waals surface area contributed by atoms with Crippen molar-refractivity contribution in [2.45, 2.75) is 13.3 Å². The van der Waals surface area contributed by atoms with Crippen LogP contribution in [0.2, 0.25) is 0 Å². The molecule has 2 heterocycles. The molecular formula is C13H18BrN3O. The van der Waals surface area contributed by atoms with Crippen molar-refractivity contribution < 1.29 is 4.79 Å².